The van der Waals surface area contributed by atoms with E-state index in [4.69, 9.17) is 4.74 Å². The number of carbonyl (C=O) groups excluding carboxylic acids is 1. The minimum absolute atomic E-state index is 0.0644. The van der Waals surface area contributed by atoms with E-state index in [9.17, 15) is 4.79 Å². The number of carbonyl (C=O) groups is 1. The van der Waals surface area contributed by atoms with Crippen molar-refractivity contribution in [1.82, 2.24) is 10.3 Å². The van der Waals surface area contributed by atoms with Crippen molar-refractivity contribution in [1.29, 1.82) is 0 Å². The summed E-state index contributed by atoms with van der Waals surface area (Å²) < 4.78 is 5.67. The molecule has 3 aromatic rings. The molecule has 0 saturated heterocycles. The zero-order chi connectivity index (χ0) is 18.2. The van der Waals surface area contributed by atoms with E-state index >= 15 is 0 Å². The molecule has 0 aliphatic heterocycles. The van der Waals surface area contributed by atoms with Crippen molar-refractivity contribution in [3.8, 4) is 5.75 Å². The second-order valence-electron chi connectivity index (χ2n) is 6.02. The molecule has 134 valence electrons. The van der Waals surface area contributed by atoms with Gasteiger partial charge in [0.05, 0.1) is 11.2 Å². The van der Waals surface area contributed by atoms with Gasteiger partial charge in [0.25, 0.3) is 5.91 Å². The van der Waals surface area contributed by atoms with Crippen molar-refractivity contribution in [2.45, 2.75) is 25.9 Å². The maximum Gasteiger partial charge on any atom is 0.251 e. The average molecular weight is 366 g/mol. The number of hydrogen-bond donors (Lipinski definition) is 1. The highest BCUT2D eigenvalue weighted by atomic mass is 32.1. The number of nitrogens with zero attached hydrogens (tertiary/aromatic N) is 1. The average Bonchev–Trinajstić information content (AvgIpc) is 3.21. The number of amides is 1. The van der Waals surface area contributed by atoms with Crippen LogP contribution in [0.4, 0.5) is 0 Å². The third-order valence-corrected chi connectivity index (χ3v) is 4.89. The Morgan fingerprint density at radius 3 is 2.58 bits per heavy atom. The predicted molar refractivity (Wildman–Crippen MR) is 105 cm³/mol. The first kappa shape index (κ1) is 18.1. The molecule has 1 aromatic heterocycles. The minimum atomic E-state index is -0.0644. The molecule has 5 heteroatoms. The Hall–Kier alpha value is -2.66. The molecule has 0 radical (unpaired) electrons. The molecule has 1 atom stereocenters. The third-order valence-electron chi connectivity index (χ3n) is 4.26. The first-order valence-corrected chi connectivity index (χ1v) is 9.63. The van der Waals surface area contributed by atoms with E-state index in [1.807, 2.05) is 35.7 Å². The van der Waals surface area contributed by atoms with Crippen LogP contribution in [0, 0.1) is 0 Å². The van der Waals surface area contributed by atoms with Crippen LogP contribution >= 0.6 is 11.3 Å². The van der Waals surface area contributed by atoms with Crippen molar-refractivity contribution in [3.63, 3.8) is 0 Å². The van der Waals surface area contributed by atoms with E-state index < -0.39 is 0 Å². The summed E-state index contributed by atoms with van der Waals surface area (Å²) >= 11 is 1.54. The SMILES string of the molecule is CC[C@@H](CNC(=O)c1ccc(OCc2cscn2)cc1)c1ccccc1. The number of hydrogen-bond acceptors (Lipinski definition) is 4. The molecule has 0 aliphatic carbocycles. The molecule has 1 N–H and O–H groups in total. The van der Waals surface area contributed by atoms with Crippen LogP contribution in [0.3, 0.4) is 0 Å². The van der Waals surface area contributed by atoms with Gasteiger partial charge in [-0.2, -0.15) is 0 Å². The lowest BCUT2D eigenvalue weighted by Crippen LogP contribution is -2.28. The fraction of sp³-hybridized carbons (Fsp3) is 0.238. The van der Waals surface area contributed by atoms with Crippen molar-refractivity contribution in [2.75, 3.05) is 6.54 Å². The quantitative estimate of drug-likeness (QED) is 0.631. The molecule has 0 unspecified atom stereocenters. The predicted octanol–water partition coefficient (Wildman–Crippen LogP) is 4.65. The minimum Gasteiger partial charge on any atom is -0.487 e. The largest absolute Gasteiger partial charge is 0.487 e. The standard InChI is InChI=1S/C21H22N2O2S/c1-2-16(17-6-4-3-5-7-17)12-22-21(24)18-8-10-20(11-9-18)25-13-19-14-26-15-23-19/h3-11,14-16H,2,12-13H2,1H3,(H,22,24)/t16-/m0/s1. The van der Waals surface area contributed by atoms with Crippen molar-refractivity contribution < 1.29 is 9.53 Å². The van der Waals surface area contributed by atoms with E-state index in [0.717, 1.165) is 17.9 Å². The molecule has 2 aromatic carbocycles. The van der Waals surface area contributed by atoms with Gasteiger partial charge in [0.15, 0.2) is 0 Å². The Morgan fingerprint density at radius 1 is 1.15 bits per heavy atom. The monoisotopic (exact) mass is 366 g/mol. The van der Waals surface area contributed by atoms with E-state index in [2.05, 4.69) is 29.4 Å². The molecule has 0 bridgehead atoms. The lowest BCUT2D eigenvalue weighted by atomic mass is 9.96. The van der Waals surface area contributed by atoms with E-state index in [0.29, 0.717) is 24.6 Å². The molecule has 1 heterocycles. The molecular formula is C21H22N2O2S. The topological polar surface area (TPSA) is 51.2 Å². The second kappa shape index (κ2) is 9.15. The molecule has 0 fully saturated rings. The summed E-state index contributed by atoms with van der Waals surface area (Å²) in [6, 6.07) is 17.5. The van der Waals surface area contributed by atoms with Gasteiger partial charge in [-0.1, -0.05) is 37.3 Å². The normalized spacial score (nSPS) is 11.7. The highest BCUT2D eigenvalue weighted by Gasteiger charge is 2.12. The van der Waals surface area contributed by atoms with Gasteiger partial charge in [0.2, 0.25) is 0 Å². The van der Waals surface area contributed by atoms with Crippen molar-refractivity contribution in [3.05, 3.63) is 82.3 Å². The Bertz CT molecular complexity index is 802. The summed E-state index contributed by atoms with van der Waals surface area (Å²) in [6.45, 7) is 3.20. The van der Waals surface area contributed by atoms with Gasteiger partial charge in [0.1, 0.15) is 12.4 Å². The maximum atomic E-state index is 12.4. The van der Waals surface area contributed by atoms with E-state index in [-0.39, 0.29) is 5.91 Å². The van der Waals surface area contributed by atoms with E-state index in [1.54, 1.807) is 29.0 Å². The van der Waals surface area contributed by atoms with Gasteiger partial charge >= 0.3 is 0 Å². The van der Waals surface area contributed by atoms with E-state index in [1.165, 1.54) is 5.56 Å². The Morgan fingerprint density at radius 2 is 1.92 bits per heavy atom. The molecule has 4 nitrogen and oxygen atoms in total. The summed E-state index contributed by atoms with van der Waals surface area (Å²) in [7, 11) is 0. The Balaban J connectivity index is 1.52. The number of aromatic nitrogens is 1. The fourth-order valence-electron chi connectivity index (χ4n) is 2.71. The fourth-order valence-corrected chi connectivity index (χ4v) is 3.25. The van der Waals surface area contributed by atoms with Gasteiger partial charge in [-0.25, -0.2) is 4.98 Å². The molecule has 1 amide bonds. The van der Waals surface area contributed by atoms with Crippen LogP contribution in [0.5, 0.6) is 5.75 Å². The van der Waals surface area contributed by atoms with Crippen LogP contribution in [0.25, 0.3) is 0 Å². The van der Waals surface area contributed by atoms with Crippen LogP contribution in [-0.4, -0.2) is 17.4 Å². The molecule has 0 aliphatic rings. The van der Waals surface area contributed by atoms with Crippen LogP contribution < -0.4 is 10.1 Å². The highest BCUT2D eigenvalue weighted by molar-refractivity contribution is 7.07. The molecule has 26 heavy (non-hydrogen) atoms. The van der Waals surface area contributed by atoms with Gasteiger partial charge in [-0.15, -0.1) is 11.3 Å². The van der Waals surface area contributed by atoms with Gasteiger partial charge < -0.3 is 10.1 Å². The van der Waals surface area contributed by atoms with Crippen LogP contribution in [0.15, 0.2) is 65.5 Å². The Kier molecular flexibility index (Phi) is 6.39. The summed E-state index contributed by atoms with van der Waals surface area (Å²) in [5.41, 5.74) is 4.57. The number of rotatable bonds is 8. The molecular weight excluding hydrogens is 344 g/mol. The second-order valence-corrected chi connectivity index (χ2v) is 6.74. The zero-order valence-electron chi connectivity index (χ0n) is 14.7. The number of ether oxygens (including phenoxy) is 1. The zero-order valence-corrected chi connectivity index (χ0v) is 15.5. The smallest absolute Gasteiger partial charge is 0.251 e. The van der Waals surface area contributed by atoms with Crippen molar-refractivity contribution >= 4 is 17.2 Å². The first-order chi connectivity index (χ1) is 12.8. The van der Waals surface area contributed by atoms with Crippen LogP contribution in [-0.2, 0) is 6.61 Å². The molecule has 3 rings (SSSR count). The lowest BCUT2D eigenvalue weighted by molar-refractivity contribution is 0.0951. The molecule has 0 spiro atoms. The summed E-state index contributed by atoms with van der Waals surface area (Å²) in [6.07, 6.45) is 0.980. The molecule has 0 saturated carbocycles. The highest BCUT2D eigenvalue weighted by Crippen LogP contribution is 2.19. The maximum absolute atomic E-state index is 12.4. The third kappa shape index (κ3) is 4.92. The van der Waals surface area contributed by atoms with Crippen molar-refractivity contribution in [2.24, 2.45) is 0 Å². The number of benzene rings is 2. The number of thiazole rings is 1. The number of nitrogens with one attached hydrogen (secondary N) is 1. The van der Waals surface area contributed by atoms with Crippen LogP contribution in [0.2, 0.25) is 0 Å². The lowest BCUT2D eigenvalue weighted by Gasteiger charge is -2.16. The van der Waals surface area contributed by atoms with Gasteiger partial charge in [-0.05, 0) is 36.2 Å². The Labute approximate surface area is 157 Å². The summed E-state index contributed by atoms with van der Waals surface area (Å²) in [4.78, 5) is 16.6. The first-order valence-electron chi connectivity index (χ1n) is 8.69. The summed E-state index contributed by atoms with van der Waals surface area (Å²) in [5.74, 6) is 0.983. The van der Waals surface area contributed by atoms with Crippen LogP contribution in [0.1, 0.15) is 40.9 Å². The van der Waals surface area contributed by atoms with Gasteiger partial charge in [-0.3, -0.25) is 4.79 Å². The van der Waals surface area contributed by atoms with Gasteiger partial charge in [0, 0.05) is 23.4 Å². The summed E-state index contributed by atoms with van der Waals surface area (Å²) in [5, 5.41) is 4.99.